The fourth-order valence-corrected chi connectivity index (χ4v) is 5.11. The molecule has 4 nitrogen and oxygen atoms in total. The van der Waals surface area contributed by atoms with Crippen LogP contribution < -0.4 is 0 Å². The summed E-state index contributed by atoms with van der Waals surface area (Å²) in [7, 11) is 0. The molecule has 0 saturated carbocycles. The number of pyridine rings is 1. The van der Waals surface area contributed by atoms with Gasteiger partial charge in [0.25, 0.3) is 0 Å². The van der Waals surface area contributed by atoms with Crippen molar-refractivity contribution >= 4 is 22.0 Å². The Morgan fingerprint density at radius 2 is 1.40 bits per heavy atom. The third kappa shape index (κ3) is 4.83. The molecule has 0 saturated heterocycles. The van der Waals surface area contributed by atoms with Gasteiger partial charge in [0, 0.05) is 32.8 Å². The molecule has 2 aromatic heterocycles. The Morgan fingerprint density at radius 1 is 0.650 bits per heavy atom. The van der Waals surface area contributed by atoms with E-state index in [0.717, 1.165) is 45.1 Å². The van der Waals surface area contributed by atoms with Crippen molar-refractivity contribution in [2.75, 3.05) is 0 Å². The topological polar surface area (TPSA) is 59.2 Å². The second-order valence-corrected chi connectivity index (χ2v) is 9.55. The Balaban J connectivity index is 0.00000289. The average Bonchev–Trinajstić information content (AvgIpc) is 3.42. The summed E-state index contributed by atoms with van der Waals surface area (Å²) in [6, 6.07) is 41.8. The fourth-order valence-electron chi connectivity index (χ4n) is 5.11. The zero-order chi connectivity index (χ0) is 26.2. The van der Waals surface area contributed by atoms with Gasteiger partial charge in [0.2, 0.25) is 5.89 Å². The quantitative estimate of drug-likeness (QED) is 0.183. The number of phenols is 1. The van der Waals surface area contributed by atoms with Crippen LogP contribution in [0.15, 0.2) is 126 Å². The summed E-state index contributed by atoms with van der Waals surface area (Å²) in [6.07, 6.45) is 2.68. The van der Waals surface area contributed by atoms with Crippen molar-refractivity contribution < 1.29 is 30.6 Å². The summed E-state index contributed by atoms with van der Waals surface area (Å²) in [5, 5.41) is 11.4. The van der Waals surface area contributed by atoms with Crippen molar-refractivity contribution in [3.8, 4) is 39.5 Å². The smallest absolute Gasteiger partial charge is 0.230 e. The minimum Gasteiger partial charge on any atom is -0.507 e. The molecule has 7 rings (SSSR count). The molecule has 0 amide bonds. The van der Waals surface area contributed by atoms with Crippen molar-refractivity contribution in [3.63, 3.8) is 0 Å². The number of fused-ring (bicyclic) bond motifs is 2. The number of hydrogen-bond acceptors (Lipinski definition) is 4. The Morgan fingerprint density at radius 3 is 2.25 bits per heavy atom. The summed E-state index contributed by atoms with van der Waals surface area (Å²) in [4.78, 5) is 9.51. The first kappa shape index (κ1) is 25.7. The first-order chi connectivity index (χ1) is 19.2. The molecule has 0 radical (unpaired) electrons. The van der Waals surface area contributed by atoms with Gasteiger partial charge in [-0.2, -0.15) is 0 Å². The Labute approximate surface area is 246 Å². The summed E-state index contributed by atoms with van der Waals surface area (Å²) in [5.41, 5.74) is 9.21. The molecule has 0 unspecified atom stereocenters. The largest absolute Gasteiger partial charge is 0.507 e. The van der Waals surface area contributed by atoms with Crippen LogP contribution in [0.25, 0.3) is 55.7 Å². The first-order valence-corrected chi connectivity index (χ1v) is 12.9. The van der Waals surface area contributed by atoms with Crippen LogP contribution in [0.3, 0.4) is 0 Å². The molecule has 0 aliphatic heterocycles. The zero-order valence-electron chi connectivity index (χ0n) is 21.3. The van der Waals surface area contributed by atoms with Gasteiger partial charge >= 0.3 is 0 Å². The SMILES string of the molecule is Oc1ccccc1-c1nc2c(-c3[c-]c(-c4cc(Cc5ccccc5)cc5cccnc45)ccc3)cccc2o1.[Pt]. The monoisotopic (exact) mass is 698 g/mol. The number of hydrogen-bond donors (Lipinski definition) is 1. The molecule has 0 atom stereocenters. The fraction of sp³-hybridized carbons (Fsp3) is 0.0286. The van der Waals surface area contributed by atoms with Gasteiger partial charge < -0.3 is 9.52 Å². The van der Waals surface area contributed by atoms with Crippen LogP contribution in [-0.2, 0) is 27.5 Å². The number of para-hydroxylation sites is 2. The van der Waals surface area contributed by atoms with E-state index in [1.165, 1.54) is 11.1 Å². The van der Waals surface area contributed by atoms with Crippen molar-refractivity contribution in [3.05, 3.63) is 139 Å². The molecule has 40 heavy (non-hydrogen) atoms. The van der Waals surface area contributed by atoms with Gasteiger partial charge in [0.05, 0.1) is 11.1 Å². The number of nitrogens with zero attached hydrogens (tertiary/aromatic N) is 2. The molecular formula is C35H23N2O2Pt-. The van der Waals surface area contributed by atoms with Crippen LogP contribution in [-0.4, -0.2) is 15.1 Å². The molecule has 0 aliphatic rings. The first-order valence-electron chi connectivity index (χ1n) is 12.9. The predicted octanol–water partition coefficient (Wildman–Crippen LogP) is 8.47. The number of aromatic hydroxyl groups is 1. The molecule has 5 heteroatoms. The normalized spacial score (nSPS) is 11.0. The minimum atomic E-state index is 0. The van der Waals surface area contributed by atoms with E-state index in [1.807, 2.05) is 54.7 Å². The predicted molar refractivity (Wildman–Crippen MR) is 155 cm³/mol. The maximum Gasteiger partial charge on any atom is 0.230 e. The second kappa shape index (κ2) is 10.9. The van der Waals surface area contributed by atoms with E-state index >= 15 is 0 Å². The third-order valence-electron chi connectivity index (χ3n) is 6.94. The van der Waals surface area contributed by atoms with Crippen LogP contribution in [0.1, 0.15) is 11.1 Å². The van der Waals surface area contributed by atoms with Gasteiger partial charge in [-0.3, -0.25) is 4.98 Å². The Kier molecular flexibility index (Phi) is 7.02. The van der Waals surface area contributed by atoms with E-state index in [4.69, 9.17) is 14.4 Å². The number of phenolic OH excluding ortho intramolecular Hbond substituents is 1. The van der Waals surface area contributed by atoms with E-state index in [0.29, 0.717) is 17.0 Å². The molecule has 0 aliphatic carbocycles. The molecule has 0 bridgehead atoms. The van der Waals surface area contributed by atoms with Crippen molar-refractivity contribution in [2.45, 2.75) is 6.42 Å². The van der Waals surface area contributed by atoms with Crippen LogP contribution in [0.2, 0.25) is 0 Å². The Bertz CT molecular complexity index is 1960. The van der Waals surface area contributed by atoms with Gasteiger partial charge in [-0.25, -0.2) is 4.98 Å². The van der Waals surface area contributed by atoms with Crippen molar-refractivity contribution in [1.82, 2.24) is 9.97 Å². The summed E-state index contributed by atoms with van der Waals surface area (Å²) >= 11 is 0. The number of rotatable bonds is 5. The average molecular weight is 699 g/mol. The standard InChI is InChI=1S/C35H23N2O2.Pt/c38-31-16-5-4-14-29(31)35-37-34-28(15-7-17-32(34)39-35)25-11-6-12-26(22-25)30-21-24(19-23-9-2-1-3-10-23)20-27-13-8-18-36-33(27)30;/h1-18,20-21,38H,19H2;/q-1;. The van der Waals surface area contributed by atoms with E-state index < -0.39 is 0 Å². The minimum absolute atomic E-state index is 0. The summed E-state index contributed by atoms with van der Waals surface area (Å²) < 4.78 is 6.05. The van der Waals surface area contributed by atoms with Crippen LogP contribution in [0.4, 0.5) is 0 Å². The summed E-state index contributed by atoms with van der Waals surface area (Å²) in [5.74, 6) is 0.518. The van der Waals surface area contributed by atoms with E-state index in [9.17, 15) is 5.11 Å². The van der Waals surface area contributed by atoms with E-state index in [1.54, 1.807) is 18.2 Å². The maximum atomic E-state index is 10.3. The molecule has 5 aromatic carbocycles. The molecular weight excluding hydrogens is 675 g/mol. The van der Waals surface area contributed by atoms with Gasteiger partial charge in [0.1, 0.15) is 11.3 Å². The molecule has 2 heterocycles. The third-order valence-corrected chi connectivity index (χ3v) is 6.94. The Hall–Kier alpha value is -4.53. The van der Waals surface area contributed by atoms with Crippen molar-refractivity contribution in [2.24, 2.45) is 0 Å². The molecule has 196 valence electrons. The maximum absolute atomic E-state index is 10.3. The number of benzene rings is 5. The van der Waals surface area contributed by atoms with Crippen LogP contribution >= 0.6 is 0 Å². The molecule has 1 N–H and O–H groups in total. The van der Waals surface area contributed by atoms with Gasteiger partial charge in [0.15, 0.2) is 0 Å². The number of aromatic nitrogens is 2. The van der Waals surface area contributed by atoms with Gasteiger partial charge in [-0.1, -0.05) is 83.9 Å². The molecule has 7 aromatic rings. The number of oxazole rings is 1. The molecule has 0 spiro atoms. The van der Waals surface area contributed by atoms with Crippen LogP contribution in [0, 0.1) is 6.07 Å². The van der Waals surface area contributed by atoms with Crippen LogP contribution in [0.5, 0.6) is 5.75 Å². The summed E-state index contributed by atoms with van der Waals surface area (Å²) in [6.45, 7) is 0. The zero-order valence-corrected chi connectivity index (χ0v) is 23.6. The van der Waals surface area contributed by atoms with Gasteiger partial charge in [-0.15, -0.1) is 35.4 Å². The second-order valence-electron chi connectivity index (χ2n) is 9.55. The van der Waals surface area contributed by atoms with E-state index in [2.05, 4.69) is 54.6 Å². The van der Waals surface area contributed by atoms with Crippen molar-refractivity contribution in [1.29, 1.82) is 0 Å². The molecule has 0 fully saturated rings. The van der Waals surface area contributed by atoms with Gasteiger partial charge in [-0.05, 0) is 47.2 Å². The van der Waals surface area contributed by atoms with E-state index in [-0.39, 0.29) is 26.8 Å².